The topological polar surface area (TPSA) is 52.4 Å². The van der Waals surface area contributed by atoms with Gasteiger partial charge in [0.2, 0.25) is 5.75 Å². The highest BCUT2D eigenvalue weighted by Gasteiger charge is 2.42. The predicted molar refractivity (Wildman–Crippen MR) is 44.8 cm³/mol. The zero-order valence-electron chi connectivity index (χ0n) is 8.17. The third kappa shape index (κ3) is 3.25. The van der Waals surface area contributed by atoms with E-state index >= 15 is 0 Å². The Hall–Kier alpha value is -2.00. The maximum atomic E-state index is 12.4. The van der Waals surface area contributed by atoms with Gasteiger partial charge in [0.05, 0.1) is 4.92 Å². The lowest BCUT2D eigenvalue weighted by atomic mass is 10.1. The molecule has 0 spiro atoms. The molecule has 100 valence electrons. The summed E-state index contributed by atoms with van der Waals surface area (Å²) >= 11 is 0. The quantitative estimate of drug-likeness (QED) is 0.471. The number of rotatable bonds is 2. The number of alkyl halides is 6. The molecule has 10 heteroatoms. The van der Waals surface area contributed by atoms with Crippen molar-refractivity contribution < 1.29 is 36.0 Å². The molecule has 0 N–H and O–H groups in total. The highest BCUT2D eigenvalue weighted by molar-refractivity contribution is 5.54. The van der Waals surface area contributed by atoms with Crippen LogP contribution in [-0.4, -0.2) is 11.3 Å². The van der Waals surface area contributed by atoms with Crippen LogP contribution in [0.25, 0.3) is 0 Å². The fourth-order valence-electron chi connectivity index (χ4n) is 1.15. The van der Waals surface area contributed by atoms with Crippen LogP contribution in [0.15, 0.2) is 18.2 Å². The monoisotopic (exact) mass is 275 g/mol. The van der Waals surface area contributed by atoms with Crippen LogP contribution in [0.4, 0.5) is 32.0 Å². The van der Waals surface area contributed by atoms with Gasteiger partial charge in [0, 0.05) is 0 Å². The SMILES string of the molecule is O=[N+]([O-])c1c(OC(F)(F)F)cccc1C(F)(F)F. The molecular weight excluding hydrogens is 272 g/mol. The Kier molecular flexibility index (Phi) is 3.40. The number of nitro groups is 1. The number of hydrogen-bond donors (Lipinski definition) is 0. The molecule has 0 aliphatic heterocycles. The molecule has 0 saturated heterocycles. The van der Waals surface area contributed by atoms with Crippen molar-refractivity contribution in [2.75, 3.05) is 0 Å². The Morgan fingerprint density at radius 2 is 1.67 bits per heavy atom. The van der Waals surface area contributed by atoms with Crippen molar-refractivity contribution >= 4 is 5.69 Å². The van der Waals surface area contributed by atoms with Crippen LogP contribution in [0.2, 0.25) is 0 Å². The first-order valence-electron chi connectivity index (χ1n) is 4.12. The Bertz CT molecular complexity index is 467. The van der Waals surface area contributed by atoms with Gasteiger partial charge in [-0.05, 0) is 12.1 Å². The van der Waals surface area contributed by atoms with Gasteiger partial charge in [0.1, 0.15) is 5.56 Å². The molecule has 0 aliphatic rings. The molecule has 0 unspecified atom stereocenters. The van der Waals surface area contributed by atoms with E-state index in [-0.39, 0.29) is 0 Å². The molecule has 0 aliphatic carbocycles. The van der Waals surface area contributed by atoms with E-state index in [2.05, 4.69) is 4.74 Å². The Balaban J connectivity index is 3.41. The number of halogens is 6. The van der Waals surface area contributed by atoms with Gasteiger partial charge in [-0.3, -0.25) is 10.1 Å². The lowest BCUT2D eigenvalue weighted by Crippen LogP contribution is -2.19. The van der Waals surface area contributed by atoms with Gasteiger partial charge >= 0.3 is 18.2 Å². The van der Waals surface area contributed by atoms with Crippen molar-refractivity contribution in [2.45, 2.75) is 12.5 Å². The normalized spacial score (nSPS) is 12.3. The summed E-state index contributed by atoms with van der Waals surface area (Å²) in [6, 6.07) is 1.30. The zero-order valence-corrected chi connectivity index (χ0v) is 8.17. The van der Waals surface area contributed by atoms with Crippen molar-refractivity contribution in [3.8, 4) is 5.75 Å². The van der Waals surface area contributed by atoms with Crippen LogP contribution < -0.4 is 4.74 Å². The molecule has 1 aromatic rings. The molecule has 0 heterocycles. The van der Waals surface area contributed by atoms with E-state index in [1.54, 1.807) is 0 Å². The third-order valence-corrected chi connectivity index (χ3v) is 1.71. The molecule has 0 radical (unpaired) electrons. The minimum absolute atomic E-state index is 0.293. The van der Waals surface area contributed by atoms with Gasteiger partial charge in [-0.15, -0.1) is 13.2 Å². The van der Waals surface area contributed by atoms with Crippen LogP contribution >= 0.6 is 0 Å². The molecule has 0 saturated carbocycles. The number of nitro benzene ring substituents is 1. The average molecular weight is 275 g/mol. The largest absolute Gasteiger partial charge is 0.573 e. The van der Waals surface area contributed by atoms with Crippen molar-refractivity contribution in [3.05, 3.63) is 33.9 Å². The lowest BCUT2D eigenvalue weighted by molar-refractivity contribution is -0.391. The maximum absolute atomic E-state index is 12.4. The third-order valence-electron chi connectivity index (χ3n) is 1.71. The first-order chi connectivity index (χ1) is 8.02. The van der Waals surface area contributed by atoms with Crippen molar-refractivity contribution in [1.82, 2.24) is 0 Å². The van der Waals surface area contributed by atoms with E-state index < -0.39 is 34.5 Å². The van der Waals surface area contributed by atoms with Crippen LogP contribution in [0, 0.1) is 10.1 Å². The maximum Gasteiger partial charge on any atom is 0.573 e. The van der Waals surface area contributed by atoms with Gasteiger partial charge in [0.25, 0.3) is 0 Å². The minimum atomic E-state index is -5.32. The number of benzene rings is 1. The van der Waals surface area contributed by atoms with Crippen LogP contribution in [0.1, 0.15) is 5.56 Å². The van der Waals surface area contributed by atoms with E-state index in [4.69, 9.17) is 0 Å². The summed E-state index contributed by atoms with van der Waals surface area (Å²) in [4.78, 5) is 8.85. The fraction of sp³-hybridized carbons (Fsp3) is 0.250. The molecule has 4 nitrogen and oxygen atoms in total. The van der Waals surface area contributed by atoms with Crippen LogP contribution in [0.3, 0.4) is 0 Å². The molecule has 0 fully saturated rings. The predicted octanol–water partition coefficient (Wildman–Crippen LogP) is 3.51. The Morgan fingerprint density at radius 3 is 2.06 bits per heavy atom. The van der Waals surface area contributed by atoms with Gasteiger partial charge in [-0.1, -0.05) is 6.07 Å². The zero-order chi connectivity index (χ0) is 14.1. The summed E-state index contributed by atoms with van der Waals surface area (Å²) in [5.41, 5.74) is -3.59. The number of hydrogen-bond acceptors (Lipinski definition) is 3. The van der Waals surface area contributed by atoms with Gasteiger partial charge < -0.3 is 4.74 Å². The second-order valence-corrected chi connectivity index (χ2v) is 2.95. The summed E-state index contributed by atoms with van der Waals surface area (Å²) in [5, 5.41) is 10.4. The molecule has 0 amide bonds. The average Bonchev–Trinajstić information content (AvgIpc) is 2.12. The van der Waals surface area contributed by atoms with Gasteiger partial charge in [-0.2, -0.15) is 13.2 Å². The van der Waals surface area contributed by atoms with E-state index in [0.29, 0.717) is 18.2 Å². The minimum Gasteiger partial charge on any atom is -0.398 e. The molecule has 1 rings (SSSR count). The Morgan fingerprint density at radius 1 is 1.11 bits per heavy atom. The number of ether oxygens (including phenoxy) is 1. The highest BCUT2D eigenvalue weighted by atomic mass is 19.4. The molecule has 0 atom stereocenters. The summed E-state index contributed by atoms with van der Waals surface area (Å²) < 4.78 is 76.0. The molecule has 18 heavy (non-hydrogen) atoms. The number of para-hydroxylation sites is 1. The van der Waals surface area contributed by atoms with Crippen LogP contribution in [0.5, 0.6) is 5.75 Å². The first-order valence-corrected chi connectivity index (χ1v) is 4.12. The van der Waals surface area contributed by atoms with E-state index in [9.17, 15) is 36.5 Å². The second kappa shape index (κ2) is 4.35. The second-order valence-electron chi connectivity index (χ2n) is 2.95. The molecule has 0 bridgehead atoms. The Labute approximate surface area is 94.9 Å². The molecule has 0 aromatic heterocycles. The smallest absolute Gasteiger partial charge is 0.398 e. The molecular formula is C8H3F6NO3. The van der Waals surface area contributed by atoms with Crippen LogP contribution in [-0.2, 0) is 6.18 Å². The van der Waals surface area contributed by atoms with E-state index in [1.165, 1.54) is 0 Å². The van der Waals surface area contributed by atoms with Crippen molar-refractivity contribution in [1.29, 1.82) is 0 Å². The number of nitrogens with zero attached hydrogens (tertiary/aromatic N) is 1. The van der Waals surface area contributed by atoms with Gasteiger partial charge in [-0.25, -0.2) is 0 Å². The first kappa shape index (κ1) is 14.1. The van der Waals surface area contributed by atoms with E-state index in [1.807, 2.05) is 0 Å². The summed E-state index contributed by atoms with van der Waals surface area (Å²) in [6.45, 7) is 0. The summed E-state index contributed by atoms with van der Waals surface area (Å²) in [5.74, 6) is -1.51. The fourth-order valence-corrected chi connectivity index (χ4v) is 1.15. The molecule has 1 aromatic carbocycles. The van der Waals surface area contributed by atoms with E-state index in [0.717, 1.165) is 0 Å². The summed E-state index contributed by atoms with van der Waals surface area (Å²) in [7, 11) is 0. The summed E-state index contributed by atoms with van der Waals surface area (Å²) in [6.07, 6.45) is -10.5. The highest BCUT2D eigenvalue weighted by Crippen LogP contribution is 2.42. The lowest BCUT2D eigenvalue weighted by Gasteiger charge is -2.12. The van der Waals surface area contributed by atoms with Crippen molar-refractivity contribution in [3.63, 3.8) is 0 Å². The van der Waals surface area contributed by atoms with Crippen molar-refractivity contribution in [2.24, 2.45) is 0 Å². The van der Waals surface area contributed by atoms with Gasteiger partial charge in [0.15, 0.2) is 0 Å². The standard InChI is InChI=1S/C8H3F6NO3/c9-7(10,11)4-2-1-3-5(6(4)15(16)17)18-8(12,13)14/h1-3H.